The normalized spacial score (nSPS) is 21.1. The van der Waals surface area contributed by atoms with E-state index in [0.717, 1.165) is 25.3 Å². The van der Waals surface area contributed by atoms with E-state index in [1.165, 1.54) is 43.7 Å². The Balaban J connectivity index is 1.39. The number of aromatic nitrogens is 3. The molecule has 2 aliphatic rings. The summed E-state index contributed by atoms with van der Waals surface area (Å²) in [7, 11) is 0. The van der Waals surface area contributed by atoms with Crippen molar-refractivity contribution in [3.05, 3.63) is 36.4 Å². The van der Waals surface area contributed by atoms with Crippen LogP contribution in [0.25, 0.3) is 5.69 Å². The minimum Gasteiger partial charge on any atom is -0.384 e. The van der Waals surface area contributed by atoms with Crippen LogP contribution in [0.3, 0.4) is 0 Å². The van der Waals surface area contributed by atoms with Gasteiger partial charge in [0.25, 0.3) is 0 Å². The number of benzene rings is 1. The fraction of sp³-hybridized carbons (Fsp3) is 0.529. The van der Waals surface area contributed by atoms with E-state index in [0.29, 0.717) is 5.92 Å². The monoisotopic (exact) mass is 312 g/mol. The second kappa shape index (κ2) is 6.68. The molecule has 2 N–H and O–H groups in total. The Hall–Kier alpha value is -1.92. The molecular weight excluding hydrogens is 288 g/mol. The Morgan fingerprint density at radius 1 is 1.13 bits per heavy atom. The average Bonchev–Trinajstić information content (AvgIpc) is 3.25. The van der Waals surface area contributed by atoms with Crippen LogP contribution in [0.2, 0.25) is 0 Å². The van der Waals surface area contributed by atoms with Gasteiger partial charge in [0.1, 0.15) is 12.7 Å². The molecule has 0 saturated carbocycles. The Bertz CT molecular complexity index is 633. The highest BCUT2D eigenvalue weighted by Crippen LogP contribution is 2.35. The van der Waals surface area contributed by atoms with Crippen LogP contribution in [0.15, 0.2) is 30.9 Å². The molecule has 1 saturated heterocycles. The molecule has 2 aromatic rings. The van der Waals surface area contributed by atoms with Crippen molar-refractivity contribution in [2.45, 2.75) is 18.8 Å². The van der Waals surface area contributed by atoms with Crippen molar-refractivity contribution >= 4 is 5.69 Å². The highest BCUT2D eigenvalue weighted by atomic mass is 15.2. The molecule has 1 atom stereocenters. The fourth-order valence-electron chi connectivity index (χ4n) is 3.64. The molecule has 23 heavy (non-hydrogen) atoms. The van der Waals surface area contributed by atoms with Gasteiger partial charge >= 0.3 is 0 Å². The summed E-state index contributed by atoms with van der Waals surface area (Å²) in [6, 6.07) is 6.59. The molecule has 2 aliphatic heterocycles. The first kappa shape index (κ1) is 14.7. The predicted molar refractivity (Wildman–Crippen MR) is 91.1 cm³/mol. The van der Waals surface area contributed by atoms with Gasteiger partial charge in [-0.25, -0.2) is 0 Å². The largest absolute Gasteiger partial charge is 0.384 e. The van der Waals surface area contributed by atoms with Crippen LogP contribution in [0.1, 0.15) is 24.3 Å². The zero-order chi connectivity index (χ0) is 15.5. The van der Waals surface area contributed by atoms with Gasteiger partial charge in [-0.1, -0.05) is 0 Å². The Morgan fingerprint density at radius 3 is 2.78 bits per heavy atom. The quantitative estimate of drug-likeness (QED) is 0.875. The summed E-state index contributed by atoms with van der Waals surface area (Å²) in [5, 5.41) is 14.8. The van der Waals surface area contributed by atoms with E-state index in [9.17, 15) is 0 Å². The summed E-state index contributed by atoms with van der Waals surface area (Å²) < 4.78 is 1.97. The highest BCUT2D eigenvalue weighted by Gasteiger charge is 2.22. The van der Waals surface area contributed by atoms with E-state index in [1.54, 1.807) is 12.7 Å². The maximum atomic E-state index is 3.90. The van der Waals surface area contributed by atoms with Crippen LogP contribution in [0, 0.1) is 0 Å². The van der Waals surface area contributed by atoms with Gasteiger partial charge in [0, 0.05) is 50.0 Å². The molecule has 3 heterocycles. The van der Waals surface area contributed by atoms with Gasteiger partial charge in [0.05, 0.1) is 0 Å². The predicted octanol–water partition coefficient (Wildman–Crippen LogP) is 1.46. The van der Waals surface area contributed by atoms with Gasteiger partial charge in [-0.2, -0.15) is 0 Å². The lowest BCUT2D eigenvalue weighted by Gasteiger charge is -2.27. The lowest BCUT2D eigenvalue weighted by Crippen LogP contribution is -2.43. The van der Waals surface area contributed by atoms with Crippen molar-refractivity contribution in [2.24, 2.45) is 0 Å². The molecule has 0 bridgehead atoms. The average molecular weight is 312 g/mol. The molecule has 0 spiro atoms. The minimum atomic E-state index is 0.615. The van der Waals surface area contributed by atoms with E-state index in [-0.39, 0.29) is 0 Å². The number of nitrogens with zero attached hydrogens (tertiary/aromatic N) is 4. The number of hydrogen-bond acceptors (Lipinski definition) is 5. The summed E-state index contributed by atoms with van der Waals surface area (Å²) in [6.07, 6.45) is 6.02. The molecule has 1 unspecified atom stereocenters. The zero-order valence-electron chi connectivity index (χ0n) is 13.4. The standard InChI is InChI=1S/C17H24N6/c1(7-22-8-5-18-6-9-22)2-14-11-19-17-4-3-15(10-16(14)17)23-12-20-21-13-23/h3-4,10,12-14,18-19H,1-2,5-9,11H2. The molecule has 1 fully saturated rings. The second-order valence-corrected chi connectivity index (χ2v) is 6.45. The van der Waals surface area contributed by atoms with Crippen molar-refractivity contribution in [1.82, 2.24) is 25.0 Å². The molecule has 0 aliphatic carbocycles. The lowest BCUT2D eigenvalue weighted by molar-refractivity contribution is 0.235. The van der Waals surface area contributed by atoms with Crippen LogP contribution in [-0.2, 0) is 0 Å². The molecule has 6 nitrogen and oxygen atoms in total. The van der Waals surface area contributed by atoms with E-state index in [1.807, 2.05) is 4.57 Å². The number of anilines is 1. The van der Waals surface area contributed by atoms with Crippen LogP contribution in [0.4, 0.5) is 5.69 Å². The van der Waals surface area contributed by atoms with Crippen molar-refractivity contribution in [3.63, 3.8) is 0 Å². The fourth-order valence-corrected chi connectivity index (χ4v) is 3.64. The summed E-state index contributed by atoms with van der Waals surface area (Å²) in [5.74, 6) is 0.615. The van der Waals surface area contributed by atoms with Gasteiger partial charge in [-0.15, -0.1) is 10.2 Å². The van der Waals surface area contributed by atoms with Crippen LogP contribution < -0.4 is 10.6 Å². The van der Waals surface area contributed by atoms with Crippen LogP contribution in [0.5, 0.6) is 0 Å². The van der Waals surface area contributed by atoms with Gasteiger partial charge in [0.15, 0.2) is 0 Å². The summed E-state index contributed by atoms with van der Waals surface area (Å²) in [4.78, 5) is 2.58. The summed E-state index contributed by atoms with van der Waals surface area (Å²) in [5.41, 5.74) is 3.87. The summed E-state index contributed by atoms with van der Waals surface area (Å²) >= 11 is 0. The number of rotatable bonds is 5. The molecule has 6 heteroatoms. The molecule has 4 rings (SSSR count). The van der Waals surface area contributed by atoms with Crippen molar-refractivity contribution in [2.75, 3.05) is 44.6 Å². The van der Waals surface area contributed by atoms with Crippen LogP contribution in [-0.4, -0.2) is 58.9 Å². The molecule has 122 valence electrons. The smallest absolute Gasteiger partial charge is 0.123 e. The van der Waals surface area contributed by atoms with E-state index < -0.39 is 0 Å². The third-order valence-corrected chi connectivity index (χ3v) is 4.97. The minimum absolute atomic E-state index is 0.615. The molecule has 1 aromatic carbocycles. The Labute approximate surface area is 136 Å². The Kier molecular flexibility index (Phi) is 4.26. The molecular formula is C17H24N6. The number of piperazine rings is 1. The summed E-state index contributed by atoms with van der Waals surface area (Å²) in [6.45, 7) is 6.93. The first-order valence-corrected chi connectivity index (χ1v) is 8.56. The third-order valence-electron chi connectivity index (χ3n) is 4.97. The lowest BCUT2D eigenvalue weighted by atomic mass is 9.95. The zero-order valence-corrected chi connectivity index (χ0v) is 13.4. The number of nitrogens with one attached hydrogen (secondary N) is 2. The SMILES string of the molecule is c1cc2c(cc1-n1cnnc1)C(CCCN1CCNCC1)CN2. The first-order valence-electron chi connectivity index (χ1n) is 8.56. The molecule has 0 radical (unpaired) electrons. The van der Waals surface area contributed by atoms with E-state index in [2.05, 4.69) is 43.9 Å². The topological polar surface area (TPSA) is 58.0 Å². The van der Waals surface area contributed by atoms with Gasteiger partial charge in [-0.05, 0) is 43.1 Å². The van der Waals surface area contributed by atoms with Crippen molar-refractivity contribution in [1.29, 1.82) is 0 Å². The van der Waals surface area contributed by atoms with Gasteiger partial charge < -0.3 is 15.5 Å². The molecule has 1 aromatic heterocycles. The number of fused-ring (bicyclic) bond motifs is 1. The van der Waals surface area contributed by atoms with Crippen molar-refractivity contribution in [3.8, 4) is 5.69 Å². The Morgan fingerprint density at radius 2 is 1.96 bits per heavy atom. The van der Waals surface area contributed by atoms with Crippen molar-refractivity contribution < 1.29 is 0 Å². The van der Waals surface area contributed by atoms with Crippen LogP contribution >= 0.6 is 0 Å². The number of hydrogen-bond donors (Lipinski definition) is 2. The van der Waals surface area contributed by atoms with E-state index >= 15 is 0 Å². The maximum Gasteiger partial charge on any atom is 0.123 e. The van der Waals surface area contributed by atoms with Gasteiger partial charge in [-0.3, -0.25) is 4.57 Å². The second-order valence-electron chi connectivity index (χ2n) is 6.45. The van der Waals surface area contributed by atoms with E-state index in [4.69, 9.17) is 0 Å². The first-order chi connectivity index (χ1) is 11.4. The maximum absolute atomic E-state index is 3.90. The van der Waals surface area contributed by atoms with Gasteiger partial charge in [0.2, 0.25) is 0 Å². The third kappa shape index (κ3) is 3.23. The molecule has 0 amide bonds. The highest BCUT2D eigenvalue weighted by molar-refractivity contribution is 5.61.